The highest BCUT2D eigenvalue weighted by molar-refractivity contribution is 5.82. The average molecular weight is 232 g/mol. The normalized spacial score (nSPS) is 14.2. The van der Waals surface area contributed by atoms with Crippen LogP contribution in [0.5, 0.6) is 5.75 Å². The van der Waals surface area contributed by atoms with Gasteiger partial charge in [-0.15, -0.1) is 0 Å². The van der Waals surface area contributed by atoms with Crippen molar-refractivity contribution >= 4 is 12.0 Å². The standard InChI is InChI=1S/C14H16O3/c1-14(2,13(15)16)11-6-9-4-5-12(17-3)8-10(9)7-11/h4-5,7-8H,6H2,1-3H3,(H,15,16). The molecule has 0 spiro atoms. The summed E-state index contributed by atoms with van der Waals surface area (Å²) in [5.41, 5.74) is 2.35. The first-order chi connectivity index (χ1) is 7.95. The Morgan fingerprint density at radius 2 is 2.12 bits per heavy atom. The molecule has 0 radical (unpaired) electrons. The second-order valence-corrected chi connectivity index (χ2v) is 4.84. The van der Waals surface area contributed by atoms with Gasteiger partial charge in [-0.2, -0.15) is 0 Å². The van der Waals surface area contributed by atoms with Crippen molar-refractivity contribution in [2.45, 2.75) is 20.3 Å². The van der Waals surface area contributed by atoms with Crippen molar-refractivity contribution < 1.29 is 14.6 Å². The molecule has 0 bridgehead atoms. The molecule has 0 amide bonds. The monoisotopic (exact) mass is 232 g/mol. The lowest BCUT2D eigenvalue weighted by atomic mass is 9.83. The van der Waals surface area contributed by atoms with Crippen LogP contribution in [0.15, 0.2) is 23.8 Å². The van der Waals surface area contributed by atoms with E-state index in [-0.39, 0.29) is 0 Å². The first kappa shape index (κ1) is 11.7. The summed E-state index contributed by atoms with van der Waals surface area (Å²) in [6.45, 7) is 3.48. The smallest absolute Gasteiger partial charge is 0.313 e. The zero-order valence-corrected chi connectivity index (χ0v) is 10.3. The molecule has 1 N–H and O–H groups in total. The Labute approximate surface area is 101 Å². The van der Waals surface area contributed by atoms with E-state index in [1.807, 2.05) is 24.3 Å². The summed E-state index contributed by atoms with van der Waals surface area (Å²) in [6.07, 6.45) is 2.67. The van der Waals surface area contributed by atoms with Crippen LogP contribution in [0.4, 0.5) is 0 Å². The number of ether oxygens (including phenoxy) is 1. The lowest BCUT2D eigenvalue weighted by Crippen LogP contribution is -2.26. The third kappa shape index (κ3) is 1.93. The van der Waals surface area contributed by atoms with Gasteiger partial charge in [-0.3, -0.25) is 4.79 Å². The number of rotatable bonds is 3. The number of carboxylic acid groups (broad SMARTS) is 1. The predicted molar refractivity (Wildman–Crippen MR) is 66.1 cm³/mol. The van der Waals surface area contributed by atoms with Gasteiger partial charge in [0.15, 0.2) is 0 Å². The number of hydrogen-bond donors (Lipinski definition) is 1. The summed E-state index contributed by atoms with van der Waals surface area (Å²) in [6, 6.07) is 5.85. The van der Waals surface area contributed by atoms with Crippen molar-refractivity contribution in [2.75, 3.05) is 7.11 Å². The molecule has 1 aromatic carbocycles. The Morgan fingerprint density at radius 1 is 1.41 bits per heavy atom. The fourth-order valence-electron chi connectivity index (χ4n) is 1.98. The van der Waals surface area contributed by atoms with Gasteiger partial charge in [-0.1, -0.05) is 12.1 Å². The number of fused-ring (bicyclic) bond motifs is 1. The third-order valence-electron chi connectivity index (χ3n) is 3.40. The number of aliphatic carboxylic acids is 1. The van der Waals surface area contributed by atoms with E-state index < -0.39 is 11.4 Å². The molecular weight excluding hydrogens is 216 g/mol. The molecule has 1 aromatic rings. The van der Waals surface area contributed by atoms with Gasteiger partial charge in [0, 0.05) is 0 Å². The first-order valence-electron chi connectivity index (χ1n) is 5.56. The van der Waals surface area contributed by atoms with Crippen LogP contribution in [0, 0.1) is 5.41 Å². The molecular formula is C14H16O3. The fourth-order valence-corrected chi connectivity index (χ4v) is 1.98. The van der Waals surface area contributed by atoms with Gasteiger partial charge in [0.1, 0.15) is 5.75 Å². The molecule has 90 valence electrons. The van der Waals surface area contributed by atoms with E-state index in [1.54, 1.807) is 21.0 Å². The van der Waals surface area contributed by atoms with Crippen molar-refractivity contribution in [1.82, 2.24) is 0 Å². The van der Waals surface area contributed by atoms with E-state index in [2.05, 4.69) is 0 Å². The van der Waals surface area contributed by atoms with Gasteiger partial charge >= 0.3 is 5.97 Å². The lowest BCUT2D eigenvalue weighted by molar-refractivity contribution is -0.144. The summed E-state index contributed by atoms with van der Waals surface area (Å²) < 4.78 is 5.16. The first-order valence-corrected chi connectivity index (χ1v) is 5.56. The quantitative estimate of drug-likeness (QED) is 0.871. The van der Waals surface area contributed by atoms with Crippen LogP contribution >= 0.6 is 0 Å². The van der Waals surface area contributed by atoms with E-state index in [9.17, 15) is 9.90 Å². The van der Waals surface area contributed by atoms with E-state index in [0.29, 0.717) is 6.42 Å². The highest BCUT2D eigenvalue weighted by atomic mass is 16.5. The van der Waals surface area contributed by atoms with Crippen LogP contribution in [0.1, 0.15) is 25.0 Å². The van der Waals surface area contributed by atoms with Crippen LogP contribution in [0.25, 0.3) is 6.08 Å². The Balaban J connectivity index is 2.37. The van der Waals surface area contributed by atoms with Gasteiger partial charge in [0.25, 0.3) is 0 Å². The number of carboxylic acids is 1. The van der Waals surface area contributed by atoms with Crippen molar-refractivity contribution in [3.05, 3.63) is 34.9 Å². The molecule has 0 aliphatic heterocycles. The van der Waals surface area contributed by atoms with E-state index in [4.69, 9.17) is 4.74 Å². The summed E-state index contributed by atoms with van der Waals surface area (Å²) in [4.78, 5) is 11.2. The summed E-state index contributed by atoms with van der Waals surface area (Å²) in [7, 11) is 1.63. The Morgan fingerprint density at radius 3 is 2.71 bits per heavy atom. The van der Waals surface area contributed by atoms with E-state index in [1.165, 1.54) is 0 Å². The van der Waals surface area contributed by atoms with Crippen LogP contribution in [-0.2, 0) is 11.2 Å². The minimum Gasteiger partial charge on any atom is -0.497 e. The van der Waals surface area contributed by atoms with Crippen LogP contribution < -0.4 is 4.74 Å². The van der Waals surface area contributed by atoms with Crippen LogP contribution in [0.2, 0.25) is 0 Å². The fraction of sp³-hybridized carbons (Fsp3) is 0.357. The lowest BCUT2D eigenvalue weighted by Gasteiger charge is -2.20. The molecule has 0 saturated carbocycles. The molecule has 0 heterocycles. The minimum atomic E-state index is -0.813. The second-order valence-electron chi connectivity index (χ2n) is 4.84. The van der Waals surface area contributed by atoms with Crippen molar-refractivity contribution in [3.8, 4) is 5.75 Å². The summed E-state index contributed by atoms with van der Waals surface area (Å²) in [5, 5.41) is 9.22. The molecule has 1 aliphatic rings. The molecule has 3 heteroatoms. The van der Waals surface area contributed by atoms with Crippen molar-refractivity contribution in [3.63, 3.8) is 0 Å². The third-order valence-corrected chi connectivity index (χ3v) is 3.40. The highest BCUT2D eigenvalue weighted by Crippen LogP contribution is 2.38. The summed E-state index contributed by atoms with van der Waals surface area (Å²) >= 11 is 0. The maximum absolute atomic E-state index is 11.2. The maximum atomic E-state index is 11.2. The zero-order chi connectivity index (χ0) is 12.6. The molecule has 0 aromatic heterocycles. The maximum Gasteiger partial charge on any atom is 0.313 e. The SMILES string of the molecule is COc1ccc2c(c1)C=C(C(C)(C)C(=O)O)C2. The molecule has 0 atom stereocenters. The van der Waals surface area contributed by atoms with Crippen molar-refractivity contribution in [1.29, 1.82) is 0 Å². The topological polar surface area (TPSA) is 46.5 Å². The van der Waals surface area contributed by atoms with Gasteiger partial charge in [0.05, 0.1) is 12.5 Å². The zero-order valence-electron chi connectivity index (χ0n) is 10.3. The van der Waals surface area contributed by atoms with Gasteiger partial charge in [0.2, 0.25) is 0 Å². The molecule has 0 unspecified atom stereocenters. The Bertz CT molecular complexity index is 498. The van der Waals surface area contributed by atoms with E-state index in [0.717, 1.165) is 22.4 Å². The minimum absolute atomic E-state index is 0.707. The molecule has 3 nitrogen and oxygen atoms in total. The van der Waals surface area contributed by atoms with E-state index >= 15 is 0 Å². The van der Waals surface area contributed by atoms with Crippen LogP contribution in [-0.4, -0.2) is 18.2 Å². The average Bonchev–Trinajstić information content (AvgIpc) is 2.71. The second kappa shape index (κ2) is 3.91. The molecule has 0 fully saturated rings. The van der Waals surface area contributed by atoms with Gasteiger partial charge in [-0.05, 0) is 49.1 Å². The highest BCUT2D eigenvalue weighted by Gasteiger charge is 2.34. The van der Waals surface area contributed by atoms with Gasteiger partial charge in [-0.25, -0.2) is 0 Å². The summed E-state index contributed by atoms with van der Waals surface area (Å²) in [5.74, 6) is 0.0119. The van der Waals surface area contributed by atoms with Crippen molar-refractivity contribution in [2.24, 2.45) is 5.41 Å². The number of benzene rings is 1. The molecule has 1 aliphatic carbocycles. The molecule has 0 saturated heterocycles. The largest absolute Gasteiger partial charge is 0.497 e. The Kier molecular flexibility index (Phi) is 2.69. The van der Waals surface area contributed by atoms with Crippen LogP contribution in [0.3, 0.4) is 0 Å². The van der Waals surface area contributed by atoms with Gasteiger partial charge < -0.3 is 9.84 Å². The number of hydrogen-bond acceptors (Lipinski definition) is 2. The number of methoxy groups -OCH3 is 1. The molecule has 2 rings (SSSR count). The molecule has 17 heavy (non-hydrogen) atoms. The Hall–Kier alpha value is -1.77. The number of carbonyl (C=O) groups is 1. The predicted octanol–water partition coefficient (Wildman–Crippen LogP) is 2.75.